The van der Waals surface area contributed by atoms with Crippen LogP contribution < -0.4 is 15.5 Å². The number of hydroxylamine groups is 1. The molecule has 88 valence electrons. The third kappa shape index (κ3) is 2.94. The molecule has 1 aromatic carbocycles. The Labute approximate surface area is 102 Å². The van der Waals surface area contributed by atoms with Crippen molar-refractivity contribution >= 4 is 27.5 Å². The minimum atomic E-state index is -0.199. The van der Waals surface area contributed by atoms with Gasteiger partial charge in [0.2, 0.25) is 5.91 Å². The number of anilines is 1. The first-order valence-electron chi connectivity index (χ1n) is 4.60. The van der Waals surface area contributed by atoms with E-state index in [9.17, 15) is 4.79 Å². The van der Waals surface area contributed by atoms with E-state index in [-0.39, 0.29) is 12.5 Å². The van der Waals surface area contributed by atoms with Gasteiger partial charge in [-0.1, -0.05) is 15.9 Å². The Hall–Kier alpha value is -1.11. The van der Waals surface area contributed by atoms with Crippen molar-refractivity contribution in [2.75, 3.05) is 12.4 Å². The third-order valence-corrected chi connectivity index (χ3v) is 2.74. The van der Waals surface area contributed by atoms with E-state index in [1.54, 1.807) is 12.1 Å². The molecule has 0 heterocycles. The summed E-state index contributed by atoms with van der Waals surface area (Å²) in [6.45, 7) is 1.61. The summed E-state index contributed by atoms with van der Waals surface area (Å²) in [5.74, 6) is 0.347. The van der Waals surface area contributed by atoms with Crippen LogP contribution in [-0.4, -0.2) is 18.2 Å². The molecular weight excluding hydrogens is 276 g/mol. The zero-order valence-corrected chi connectivity index (χ0v) is 10.6. The number of rotatable bonds is 4. The van der Waals surface area contributed by atoms with E-state index in [0.29, 0.717) is 11.4 Å². The van der Waals surface area contributed by atoms with E-state index >= 15 is 0 Å². The molecule has 1 amide bonds. The number of hydrogen-bond donors (Lipinski definition) is 3. The first-order chi connectivity index (χ1) is 7.60. The molecule has 3 N–H and O–H groups in total. The lowest BCUT2D eigenvalue weighted by Gasteiger charge is -2.15. The Bertz CT molecular complexity index is 396. The van der Waals surface area contributed by atoms with Crippen LogP contribution in [0.15, 0.2) is 16.6 Å². The van der Waals surface area contributed by atoms with Gasteiger partial charge in [-0.2, -0.15) is 0 Å². The maximum Gasteiger partial charge on any atom is 0.221 e. The molecule has 0 saturated carbocycles. The first-order valence-corrected chi connectivity index (χ1v) is 5.39. The number of amides is 1. The summed E-state index contributed by atoms with van der Waals surface area (Å²) in [5.41, 5.74) is 3.32. The topological polar surface area (TPSA) is 70.6 Å². The van der Waals surface area contributed by atoms with Gasteiger partial charge in [0.1, 0.15) is 5.75 Å². The number of hydrogen-bond acceptors (Lipinski definition) is 4. The van der Waals surface area contributed by atoms with Crippen molar-refractivity contribution in [3.05, 3.63) is 22.2 Å². The molecule has 0 aliphatic rings. The van der Waals surface area contributed by atoms with Gasteiger partial charge in [-0.05, 0) is 12.1 Å². The molecule has 0 spiro atoms. The van der Waals surface area contributed by atoms with Crippen molar-refractivity contribution < 1.29 is 14.7 Å². The summed E-state index contributed by atoms with van der Waals surface area (Å²) < 4.78 is 5.92. The highest BCUT2D eigenvalue weighted by atomic mass is 79.9. The van der Waals surface area contributed by atoms with Crippen LogP contribution in [0, 0.1) is 0 Å². The maximum absolute atomic E-state index is 11.1. The molecule has 16 heavy (non-hydrogen) atoms. The Morgan fingerprint density at radius 3 is 2.75 bits per heavy atom. The maximum atomic E-state index is 11.1. The van der Waals surface area contributed by atoms with Crippen LogP contribution in [0.2, 0.25) is 0 Å². The van der Waals surface area contributed by atoms with Gasteiger partial charge >= 0.3 is 0 Å². The van der Waals surface area contributed by atoms with E-state index in [1.165, 1.54) is 14.0 Å². The van der Waals surface area contributed by atoms with E-state index in [0.717, 1.165) is 10.0 Å². The summed E-state index contributed by atoms with van der Waals surface area (Å²) >= 11 is 3.34. The minimum Gasteiger partial charge on any atom is -0.495 e. The van der Waals surface area contributed by atoms with Crippen LogP contribution >= 0.6 is 15.9 Å². The van der Waals surface area contributed by atoms with Crippen molar-refractivity contribution in [1.82, 2.24) is 5.48 Å². The fraction of sp³-hybridized carbons (Fsp3) is 0.300. The van der Waals surface area contributed by atoms with Crippen LogP contribution in [0.1, 0.15) is 12.5 Å². The molecule has 5 nitrogen and oxygen atoms in total. The summed E-state index contributed by atoms with van der Waals surface area (Å²) in [6, 6.07) is 3.52. The predicted molar refractivity (Wildman–Crippen MR) is 63.6 cm³/mol. The molecule has 0 aromatic heterocycles. The summed E-state index contributed by atoms with van der Waals surface area (Å²) in [6.07, 6.45) is 0. The summed E-state index contributed by atoms with van der Waals surface area (Å²) in [5, 5.41) is 11.4. The summed E-state index contributed by atoms with van der Waals surface area (Å²) in [4.78, 5) is 11.1. The minimum absolute atomic E-state index is 0.199. The van der Waals surface area contributed by atoms with Crippen LogP contribution in [0.4, 0.5) is 5.69 Å². The fourth-order valence-electron chi connectivity index (χ4n) is 1.34. The quantitative estimate of drug-likeness (QED) is 0.740. The Balaban J connectivity index is 3.24. The van der Waals surface area contributed by atoms with Gasteiger partial charge in [0.05, 0.1) is 12.8 Å². The number of benzene rings is 1. The van der Waals surface area contributed by atoms with Crippen LogP contribution in [0.5, 0.6) is 5.75 Å². The number of carbonyl (C=O) groups excluding carboxylic acids is 1. The fourth-order valence-corrected chi connectivity index (χ4v) is 1.81. The number of carbonyl (C=O) groups is 1. The number of ether oxygens (including phenoxy) is 1. The zero-order valence-electron chi connectivity index (χ0n) is 9.00. The largest absolute Gasteiger partial charge is 0.495 e. The van der Waals surface area contributed by atoms with E-state index < -0.39 is 0 Å². The number of nitrogens with one attached hydrogen (secondary N) is 2. The normalized spacial score (nSPS) is 10.0. The molecule has 0 aliphatic heterocycles. The SMILES string of the molecule is COc1ccc(Br)c(CNO)c1NC(C)=O. The van der Waals surface area contributed by atoms with Crippen molar-refractivity contribution in [2.45, 2.75) is 13.5 Å². The molecule has 0 radical (unpaired) electrons. The average molecular weight is 289 g/mol. The number of methoxy groups -OCH3 is 1. The van der Waals surface area contributed by atoms with E-state index in [1.807, 2.05) is 0 Å². The van der Waals surface area contributed by atoms with Gasteiger partial charge < -0.3 is 15.3 Å². The van der Waals surface area contributed by atoms with Crippen molar-refractivity contribution in [1.29, 1.82) is 0 Å². The zero-order chi connectivity index (χ0) is 12.1. The van der Waals surface area contributed by atoms with Crippen LogP contribution in [0.3, 0.4) is 0 Å². The van der Waals surface area contributed by atoms with Gasteiger partial charge in [-0.15, -0.1) is 0 Å². The smallest absolute Gasteiger partial charge is 0.221 e. The van der Waals surface area contributed by atoms with Gasteiger partial charge in [0, 0.05) is 23.5 Å². The Morgan fingerprint density at radius 2 is 2.25 bits per heavy atom. The molecule has 0 aliphatic carbocycles. The predicted octanol–water partition coefficient (Wildman–Crippen LogP) is 1.89. The van der Waals surface area contributed by atoms with Crippen LogP contribution in [0.25, 0.3) is 0 Å². The van der Waals surface area contributed by atoms with Gasteiger partial charge in [0.25, 0.3) is 0 Å². The third-order valence-electron chi connectivity index (χ3n) is 1.99. The highest BCUT2D eigenvalue weighted by Crippen LogP contribution is 2.33. The Kier molecular flexibility index (Phi) is 4.72. The molecule has 6 heteroatoms. The molecule has 0 saturated heterocycles. The van der Waals surface area contributed by atoms with Crippen LogP contribution in [-0.2, 0) is 11.3 Å². The second kappa shape index (κ2) is 5.83. The van der Waals surface area contributed by atoms with Crippen molar-refractivity contribution in [3.8, 4) is 5.75 Å². The van der Waals surface area contributed by atoms with Crippen molar-refractivity contribution in [3.63, 3.8) is 0 Å². The number of halogens is 1. The standard InChI is InChI=1S/C10H13BrN2O3/c1-6(14)13-10-7(5-12-15)8(11)3-4-9(10)16-2/h3-4,12,15H,5H2,1-2H3,(H,13,14). The second-order valence-corrected chi connectivity index (χ2v) is 3.97. The average Bonchev–Trinajstić information content (AvgIpc) is 2.23. The van der Waals surface area contributed by atoms with E-state index in [2.05, 4.69) is 26.7 Å². The van der Waals surface area contributed by atoms with Gasteiger partial charge in [-0.3, -0.25) is 4.79 Å². The molecule has 0 fully saturated rings. The van der Waals surface area contributed by atoms with Gasteiger partial charge in [-0.25, -0.2) is 5.48 Å². The lowest BCUT2D eigenvalue weighted by Crippen LogP contribution is -2.14. The lowest BCUT2D eigenvalue weighted by atomic mass is 10.1. The molecule has 0 unspecified atom stereocenters. The summed E-state index contributed by atoms with van der Waals surface area (Å²) in [7, 11) is 1.52. The molecule has 1 aromatic rings. The molecular formula is C10H13BrN2O3. The molecule has 0 bridgehead atoms. The highest BCUT2D eigenvalue weighted by Gasteiger charge is 2.13. The highest BCUT2D eigenvalue weighted by molar-refractivity contribution is 9.10. The lowest BCUT2D eigenvalue weighted by molar-refractivity contribution is -0.114. The van der Waals surface area contributed by atoms with E-state index in [4.69, 9.17) is 9.94 Å². The molecule has 1 rings (SSSR count). The molecule has 0 atom stereocenters. The Morgan fingerprint density at radius 1 is 1.56 bits per heavy atom. The van der Waals surface area contributed by atoms with Gasteiger partial charge in [0.15, 0.2) is 0 Å². The first kappa shape index (κ1) is 13.0. The monoisotopic (exact) mass is 288 g/mol. The second-order valence-electron chi connectivity index (χ2n) is 3.12. The van der Waals surface area contributed by atoms with Crippen molar-refractivity contribution in [2.24, 2.45) is 0 Å².